The average molecular weight is 233 g/mol. The van der Waals surface area contributed by atoms with E-state index in [2.05, 4.69) is 4.98 Å². The summed E-state index contributed by atoms with van der Waals surface area (Å²) in [6.07, 6.45) is 1.59. The first-order valence-electron chi connectivity index (χ1n) is 5.50. The summed E-state index contributed by atoms with van der Waals surface area (Å²) in [4.78, 5) is 4.08. The number of aromatic nitrogens is 1. The molecule has 2 rings (SSSR count). The second kappa shape index (κ2) is 4.62. The summed E-state index contributed by atoms with van der Waals surface area (Å²) < 4.78 is 27.7. The van der Waals surface area contributed by atoms with Crippen molar-refractivity contribution in [2.75, 3.05) is 0 Å². The van der Waals surface area contributed by atoms with E-state index in [-0.39, 0.29) is 11.5 Å². The largest absolute Gasteiger partial charge is 0.256 e. The Balaban J connectivity index is 2.62. The van der Waals surface area contributed by atoms with Gasteiger partial charge in [-0.15, -0.1) is 0 Å². The highest BCUT2D eigenvalue weighted by Crippen LogP contribution is 2.29. The van der Waals surface area contributed by atoms with Crippen LogP contribution in [0, 0.1) is 11.6 Å². The molecule has 0 radical (unpaired) electrons. The molecule has 3 heteroatoms. The minimum atomic E-state index is -0.515. The van der Waals surface area contributed by atoms with Crippen LogP contribution in [-0.2, 0) is 0 Å². The van der Waals surface area contributed by atoms with E-state index in [0.29, 0.717) is 11.3 Å². The highest BCUT2D eigenvalue weighted by atomic mass is 19.1. The van der Waals surface area contributed by atoms with Gasteiger partial charge in [0, 0.05) is 17.3 Å². The molecule has 1 aromatic heterocycles. The maximum absolute atomic E-state index is 14.2. The third-order valence-corrected chi connectivity index (χ3v) is 2.64. The summed E-state index contributed by atoms with van der Waals surface area (Å²) in [6.45, 7) is 3.54. The van der Waals surface area contributed by atoms with Gasteiger partial charge in [0.2, 0.25) is 0 Å². The maximum Gasteiger partial charge on any atom is 0.138 e. The maximum atomic E-state index is 14.2. The first-order valence-corrected chi connectivity index (χ1v) is 5.50. The van der Waals surface area contributed by atoms with Gasteiger partial charge in [0.25, 0.3) is 0 Å². The van der Waals surface area contributed by atoms with E-state index in [9.17, 15) is 8.78 Å². The number of hydrogen-bond donors (Lipinski definition) is 0. The molecule has 0 N–H and O–H groups in total. The van der Waals surface area contributed by atoms with E-state index in [0.717, 1.165) is 0 Å². The Bertz CT molecular complexity index is 521. The van der Waals surface area contributed by atoms with Crippen molar-refractivity contribution >= 4 is 0 Å². The van der Waals surface area contributed by atoms with Gasteiger partial charge in [-0.05, 0) is 30.2 Å². The van der Waals surface area contributed by atoms with Crippen LogP contribution in [0.15, 0.2) is 36.5 Å². The smallest absolute Gasteiger partial charge is 0.138 e. The molecule has 0 amide bonds. The second-order valence-electron chi connectivity index (χ2n) is 4.19. The average Bonchev–Trinajstić information content (AvgIpc) is 2.30. The summed E-state index contributed by atoms with van der Waals surface area (Å²) in [5.41, 5.74) is 0.982. The van der Waals surface area contributed by atoms with Gasteiger partial charge < -0.3 is 0 Å². The summed E-state index contributed by atoms with van der Waals surface area (Å²) in [7, 11) is 0. The molecule has 0 spiro atoms. The molecule has 1 nitrogen and oxygen atoms in total. The molecule has 0 fully saturated rings. The van der Waals surface area contributed by atoms with E-state index in [1.54, 1.807) is 38.2 Å². The first-order chi connectivity index (χ1) is 8.11. The van der Waals surface area contributed by atoms with Crippen LogP contribution >= 0.6 is 0 Å². The van der Waals surface area contributed by atoms with E-state index in [1.807, 2.05) is 0 Å². The van der Waals surface area contributed by atoms with E-state index in [4.69, 9.17) is 0 Å². The fourth-order valence-electron chi connectivity index (χ4n) is 1.82. The lowest BCUT2D eigenvalue weighted by molar-refractivity contribution is 0.543. The Hall–Kier alpha value is -1.77. The highest BCUT2D eigenvalue weighted by Gasteiger charge is 2.17. The third kappa shape index (κ3) is 2.18. The molecule has 0 saturated carbocycles. The van der Waals surface area contributed by atoms with Crippen molar-refractivity contribution in [2.24, 2.45) is 0 Å². The Kier molecular flexibility index (Phi) is 3.18. The van der Waals surface area contributed by atoms with E-state index in [1.165, 1.54) is 12.1 Å². The van der Waals surface area contributed by atoms with Gasteiger partial charge in [0.05, 0.1) is 5.69 Å². The lowest BCUT2D eigenvalue weighted by Crippen LogP contribution is -2.00. The van der Waals surface area contributed by atoms with Crippen molar-refractivity contribution in [2.45, 2.75) is 19.8 Å². The second-order valence-corrected chi connectivity index (χ2v) is 4.19. The Labute approximate surface area is 99.1 Å². The van der Waals surface area contributed by atoms with Crippen molar-refractivity contribution in [3.63, 3.8) is 0 Å². The van der Waals surface area contributed by atoms with E-state index < -0.39 is 11.6 Å². The third-order valence-electron chi connectivity index (χ3n) is 2.64. The van der Waals surface area contributed by atoms with Gasteiger partial charge in [-0.1, -0.05) is 19.9 Å². The van der Waals surface area contributed by atoms with Crippen LogP contribution in [0.25, 0.3) is 11.3 Å². The molecule has 0 bridgehead atoms. The number of benzene rings is 1. The summed E-state index contributed by atoms with van der Waals surface area (Å²) in [5, 5.41) is 0. The van der Waals surface area contributed by atoms with Crippen LogP contribution < -0.4 is 0 Å². The fourth-order valence-corrected chi connectivity index (χ4v) is 1.82. The molecule has 0 saturated heterocycles. The molecule has 2 aromatic rings. The molecule has 0 atom stereocenters. The Morgan fingerprint density at radius 1 is 1.06 bits per heavy atom. The molecule has 0 aliphatic heterocycles. The van der Waals surface area contributed by atoms with Crippen LogP contribution in [0.4, 0.5) is 8.78 Å². The zero-order valence-electron chi connectivity index (χ0n) is 9.74. The lowest BCUT2D eigenvalue weighted by Gasteiger charge is -2.11. The van der Waals surface area contributed by atoms with Crippen LogP contribution in [0.3, 0.4) is 0 Å². The first kappa shape index (κ1) is 11.7. The molecule has 0 aliphatic carbocycles. The quantitative estimate of drug-likeness (QED) is 0.759. The molecule has 0 unspecified atom stereocenters. The summed E-state index contributed by atoms with van der Waals surface area (Å²) in [6, 6.07) is 7.97. The molecular formula is C14H13F2N. The number of halogens is 2. The van der Waals surface area contributed by atoms with Crippen LogP contribution in [0.5, 0.6) is 0 Å². The highest BCUT2D eigenvalue weighted by molar-refractivity contribution is 5.61. The number of rotatable bonds is 2. The molecule has 88 valence electrons. The molecule has 1 aromatic carbocycles. The van der Waals surface area contributed by atoms with Crippen molar-refractivity contribution in [3.05, 3.63) is 53.7 Å². The van der Waals surface area contributed by atoms with Gasteiger partial charge in [-0.2, -0.15) is 0 Å². The number of nitrogens with zero attached hydrogens (tertiary/aromatic N) is 1. The van der Waals surface area contributed by atoms with Crippen molar-refractivity contribution in [1.82, 2.24) is 4.98 Å². The zero-order valence-corrected chi connectivity index (χ0v) is 9.74. The number of pyridine rings is 1. The van der Waals surface area contributed by atoms with Gasteiger partial charge >= 0.3 is 0 Å². The standard InChI is InChI=1S/C14H13F2N/c1-9(2)13-11(15)7-6-10(14(13)16)12-5-3-4-8-17-12/h3-9H,1-2H3. The zero-order chi connectivity index (χ0) is 12.4. The summed E-state index contributed by atoms with van der Waals surface area (Å²) >= 11 is 0. The summed E-state index contributed by atoms with van der Waals surface area (Å²) in [5.74, 6) is -1.21. The Morgan fingerprint density at radius 2 is 1.82 bits per heavy atom. The lowest BCUT2D eigenvalue weighted by atomic mass is 9.97. The van der Waals surface area contributed by atoms with Crippen LogP contribution in [0.1, 0.15) is 25.3 Å². The van der Waals surface area contributed by atoms with Gasteiger partial charge in [-0.25, -0.2) is 8.78 Å². The minimum Gasteiger partial charge on any atom is -0.256 e. The van der Waals surface area contributed by atoms with Crippen LogP contribution in [-0.4, -0.2) is 4.98 Å². The topological polar surface area (TPSA) is 12.9 Å². The van der Waals surface area contributed by atoms with E-state index >= 15 is 0 Å². The SMILES string of the molecule is CC(C)c1c(F)ccc(-c2ccccn2)c1F. The van der Waals surface area contributed by atoms with Crippen molar-refractivity contribution in [1.29, 1.82) is 0 Å². The van der Waals surface area contributed by atoms with Gasteiger partial charge in [0.1, 0.15) is 11.6 Å². The molecule has 1 heterocycles. The van der Waals surface area contributed by atoms with Crippen molar-refractivity contribution in [3.8, 4) is 11.3 Å². The van der Waals surface area contributed by atoms with Crippen LogP contribution in [0.2, 0.25) is 0 Å². The predicted octanol–water partition coefficient (Wildman–Crippen LogP) is 4.15. The molecular weight excluding hydrogens is 220 g/mol. The minimum absolute atomic E-state index is 0.119. The Morgan fingerprint density at radius 3 is 2.41 bits per heavy atom. The van der Waals surface area contributed by atoms with Gasteiger partial charge in [-0.3, -0.25) is 4.98 Å². The predicted molar refractivity (Wildman–Crippen MR) is 63.7 cm³/mol. The molecule has 17 heavy (non-hydrogen) atoms. The molecule has 0 aliphatic rings. The monoisotopic (exact) mass is 233 g/mol. The normalized spacial score (nSPS) is 10.9. The van der Waals surface area contributed by atoms with Crippen molar-refractivity contribution < 1.29 is 8.78 Å². The fraction of sp³-hybridized carbons (Fsp3) is 0.214. The van der Waals surface area contributed by atoms with Gasteiger partial charge in [0.15, 0.2) is 0 Å². The number of hydrogen-bond acceptors (Lipinski definition) is 1.